The maximum atomic E-state index is 12.6. The summed E-state index contributed by atoms with van der Waals surface area (Å²) in [4.78, 5) is 18.9. The van der Waals surface area contributed by atoms with E-state index < -0.39 is 5.91 Å². The van der Waals surface area contributed by atoms with Crippen molar-refractivity contribution in [1.29, 1.82) is 5.26 Å². The third-order valence-corrected chi connectivity index (χ3v) is 5.60. The SMILES string of the molecule is N#Cc1cnc(C(=O)Nc2ccc(CCN3CCOCC3)cc2C2=CCCCC2)o1. The molecule has 0 atom stereocenters. The zero-order chi connectivity index (χ0) is 20.8. The fraction of sp³-hybridized carbons (Fsp3) is 0.435. The Morgan fingerprint density at radius 2 is 2.13 bits per heavy atom. The molecule has 1 amide bonds. The molecular formula is C23H26N4O3. The van der Waals surface area contributed by atoms with Crippen molar-refractivity contribution in [2.45, 2.75) is 32.1 Å². The summed E-state index contributed by atoms with van der Waals surface area (Å²) in [7, 11) is 0. The molecular weight excluding hydrogens is 380 g/mol. The molecule has 0 spiro atoms. The molecule has 1 N–H and O–H groups in total. The minimum absolute atomic E-state index is 0.0221. The van der Waals surface area contributed by atoms with E-state index in [-0.39, 0.29) is 11.7 Å². The number of nitriles is 1. The van der Waals surface area contributed by atoms with Crippen molar-refractivity contribution in [3.63, 3.8) is 0 Å². The molecule has 1 saturated heterocycles. The molecule has 156 valence electrons. The molecule has 1 fully saturated rings. The van der Waals surface area contributed by atoms with Crippen LogP contribution in [0.15, 0.2) is 34.9 Å². The number of allylic oxidation sites excluding steroid dienone is 2. The molecule has 1 aromatic heterocycles. The van der Waals surface area contributed by atoms with Gasteiger partial charge in [-0.25, -0.2) is 4.98 Å². The third-order valence-electron chi connectivity index (χ3n) is 5.60. The fourth-order valence-electron chi connectivity index (χ4n) is 3.92. The maximum absolute atomic E-state index is 12.6. The molecule has 30 heavy (non-hydrogen) atoms. The van der Waals surface area contributed by atoms with Crippen LogP contribution in [0, 0.1) is 11.3 Å². The quantitative estimate of drug-likeness (QED) is 0.788. The van der Waals surface area contributed by atoms with Crippen LogP contribution < -0.4 is 5.32 Å². The Labute approximate surface area is 176 Å². The minimum atomic E-state index is -0.449. The first kappa shape index (κ1) is 20.3. The number of carbonyl (C=O) groups excluding carboxylic acids is 1. The number of aromatic nitrogens is 1. The summed E-state index contributed by atoms with van der Waals surface area (Å²) in [6.45, 7) is 4.57. The summed E-state index contributed by atoms with van der Waals surface area (Å²) in [6.07, 6.45) is 8.92. The highest BCUT2D eigenvalue weighted by atomic mass is 16.5. The van der Waals surface area contributed by atoms with Gasteiger partial charge in [0, 0.05) is 30.9 Å². The van der Waals surface area contributed by atoms with Gasteiger partial charge in [-0.15, -0.1) is 0 Å². The van der Waals surface area contributed by atoms with Gasteiger partial charge in [0.2, 0.25) is 5.76 Å². The van der Waals surface area contributed by atoms with Crippen molar-refractivity contribution in [2.75, 3.05) is 38.2 Å². The lowest BCUT2D eigenvalue weighted by Gasteiger charge is -2.26. The highest BCUT2D eigenvalue weighted by Gasteiger charge is 2.18. The summed E-state index contributed by atoms with van der Waals surface area (Å²) in [5.41, 5.74) is 4.34. The molecule has 7 heteroatoms. The van der Waals surface area contributed by atoms with Gasteiger partial charge in [-0.05, 0) is 55.4 Å². The van der Waals surface area contributed by atoms with Crippen LogP contribution >= 0.6 is 0 Å². The molecule has 1 aliphatic heterocycles. The monoisotopic (exact) mass is 406 g/mol. The molecule has 0 saturated carbocycles. The Hall–Kier alpha value is -2.95. The van der Waals surface area contributed by atoms with Crippen molar-refractivity contribution >= 4 is 17.2 Å². The number of benzene rings is 1. The highest BCUT2D eigenvalue weighted by Crippen LogP contribution is 2.33. The average Bonchev–Trinajstić information content (AvgIpc) is 3.29. The first-order valence-corrected chi connectivity index (χ1v) is 10.5. The summed E-state index contributed by atoms with van der Waals surface area (Å²) in [5.74, 6) is -0.532. The lowest BCUT2D eigenvalue weighted by Crippen LogP contribution is -2.37. The molecule has 4 rings (SSSR count). The highest BCUT2D eigenvalue weighted by molar-refractivity contribution is 6.02. The van der Waals surface area contributed by atoms with Gasteiger partial charge in [0.1, 0.15) is 6.07 Å². The predicted molar refractivity (Wildman–Crippen MR) is 113 cm³/mol. The number of rotatable bonds is 6. The second-order valence-electron chi connectivity index (χ2n) is 7.65. The second-order valence-corrected chi connectivity index (χ2v) is 7.65. The zero-order valence-electron chi connectivity index (χ0n) is 17.0. The Morgan fingerprint density at radius 1 is 1.27 bits per heavy atom. The van der Waals surface area contributed by atoms with Gasteiger partial charge in [0.05, 0.1) is 19.4 Å². The van der Waals surface area contributed by atoms with Crippen molar-refractivity contribution in [2.24, 2.45) is 0 Å². The minimum Gasteiger partial charge on any atom is -0.421 e. The normalized spacial score (nSPS) is 17.2. The fourth-order valence-corrected chi connectivity index (χ4v) is 3.92. The van der Waals surface area contributed by atoms with E-state index in [2.05, 4.69) is 33.4 Å². The van der Waals surface area contributed by atoms with E-state index in [1.165, 1.54) is 23.8 Å². The van der Waals surface area contributed by atoms with Gasteiger partial charge < -0.3 is 14.5 Å². The molecule has 2 aliphatic rings. The van der Waals surface area contributed by atoms with Crippen LogP contribution in [0.3, 0.4) is 0 Å². The van der Waals surface area contributed by atoms with E-state index in [1.807, 2.05) is 12.1 Å². The van der Waals surface area contributed by atoms with Gasteiger partial charge in [-0.3, -0.25) is 9.69 Å². The van der Waals surface area contributed by atoms with Crippen LogP contribution in [-0.4, -0.2) is 48.6 Å². The van der Waals surface area contributed by atoms with E-state index in [0.717, 1.165) is 69.8 Å². The summed E-state index contributed by atoms with van der Waals surface area (Å²) in [6, 6.07) is 8.08. The van der Waals surface area contributed by atoms with Crippen LogP contribution in [0.1, 0.15) is 53.3 Å². The van der Waals surface area contributed by atoms with Gasteiger partial charge in [0.25, 0.3) is 5.89 Å². The number of hydrogen-bond donors (Lipinski definition) is 1. The predicted octanol–water partition coefficient (Wildman–Crippen LogP) is 3.63. The zero-order valence-corrected chi connectivity index (χ0v) is 17.0. The Kier molecular flexibility index (Phi) is 6.57. The number of amides is 1. The summed E-state index contributed by atoms with van der Waals surface area (Å²) < 4.78 is 10.6. The number of ether oxygens (including phenoxy) is 1. The first-order valence-electron chi connectivity index (χ1n) is 10.5. The molecule has 2 aromatic rings. The van der Waals surface area contributed by atoms with Crippen molar-refractivity contribution in [3.8, 4) is 6.07 Å². The molecule has 7 nitrogen and oxygen atoms in total. The smallest absolute Gasteiger partial charge is 0.311 e. The lowest BCUT2D eigenvalue weighted by molar-refractivity contribution is 0.0384. The Bertz CT molecular complexity index is 967. The number of nitrogens with zero attached hydrogens (tertiary/aromatic N) is 3. The lowest BCUT2D eigenvalue weighted by atomic mass is 9.91. The largest absolute Gasteiger partial charge is 0.421 e. The molecule has 1 aliphatic carbocycles. The van der Waals surface area contributed by atoms with Gasteiger partial charge in [-0.2, -0.15) is 5.26 Å². The third kappa shape index (κ3) is 4.96. The Morgan fingerprint density at radius 3 is 2.87 bits per heavy atom. The van der Waals surface area contributed by atoms with E-state index in [1.54, 1.807) is 0 Å². The standard InChI is InChI=1S/C23H26N4O3/c24-15-19-16-25-23(30-19)22(28)26-21-7-6-17(8-9-27-10-12-29-13-11-27)14-20(21)18-4-2-1-3-5-18/h4,6-7,14,16H,1-3,5,8-13H2,(H,26,28). The topological polar surface area (TPSA) is 91.4 Å². The van der Waals surface area contributed by atoms with Crippen LogP contribution in [0.4, 0.5) is 5.69 Å². The van der Waals surface area contributed by atoms with E-state index in [0.29, 0.717) is 0 Å². The van der Waals surface area contributed by atoms with Crippen LogP contribution in [-0.2, 0) is 11.2 Å². The van der Waals surface area contributed by atoms with Crippen LogP contribution in [0.5, 0.6) is 0 Å². The van der Waals surface area contributed by atoms with E-state index in [9.17, 15) is 4.79 Å². The number of anilines is 1. The number of oxazole rings is 1. The van der Waals surface area contributed by atoms with Gasteiger partial charge >= 0.3 is 5.91 Å². The molecule has 0 bridgehead atoms. The maximum Gasteiger partial charge on any atom is 0.311 e. The summed E-state index contributed by atoms with van der Waals surface area (Å²) >= 11 is 0. The molecule has 0 unspecified atom stereocenters. The van der Waals surface area contributed by atoms with Crippen LogP contribution in [0.25, 0.3) is 5.57 Å². The molecule has 1 aromatic carbocycles. The van der Waals surface area contributed by atoms with Crippen molar-refractivity contribution < 1.29 is 13.9 Å². The number of morpholine rings is 1. The van der Waals surface area contributed by atoms with Gasteiger partial charge in [-0.1, -0.05) is 12.1 Å². The number of nitrogens with one attached hydrogen (secondary N) is 1. The average molecular weight is 406 g/mol. The second kappa shape index (κ2) is 9.70. The molecule has 0 radical (unpaired) electrons. The Balaban J connectivity index is 1.53. The first-order chi connectivity index (χ1) is 14.7. The van der Waals surface area contributed by atoms with Gasteiger partial charge in [0.15, 0.2) is 0 Å². The van der Waals surface area contributed by atoms with Crippen molar-refractivity contribution in [1.82, 2.24) is 9.88 Å². The number of hydrogen-bond acceptors (Lipinski definition) is 6. The summed E-state index contributed by atoms with van der Waals surface area (Å²) in [5, 5.41) is 11.8. The van der Waals surface area contributed by atoms with Crippen LogP contribution in [0.2, 0.25) is 0 Å². The van der Waals surface area contributed by atoms with Crippen molar-refractivity contribution in [3.05, 3.63) is 53.2 Å². The number of carbonyl (C=O) groups is 1. The van der Waals surface area contributed by atoms with E-state index in [4.69, 9.17) is 14.4 Å². The van der Waals surface area contributed by atoms with E-state index >= 15 is 0 Å². The molecule has 2 heterocycles.